The Morgan fingerprint density at radius 2 is 2.07 bits per heavy atom. The lowest BCUT2D eigenvalue weighted by Gasteiger charge is -2.61. The molecule has 1 saturated carbocycles. The maximum atomic E-state index is 6.35. The van der Waals surface area contributed by atoms with Crippen molar-refractivity contribution in [2.45, 2.75) is 25.6 Å². The molecule has 1 spiro atoms. The van der Waals surface area contributed by atoms with E-state index in [0.717, 1.165) is 18.7 Å². The number of aromatic nitrogens is 3. The first-order valence-corrected chi connectivity index (χ1v) is 9.92. The van der Waals surface area contributed by atoms with E-state index in [1.165, 1.54) is 34.9 Å². The summed E-state index contributed by atoms with van der Waals surface area (Å²) in [5, 5.41) is 2.49. The first kappa shape index (κ1) is 16.1. The molecule has 0 amide bonds. The van der Waals surface area contributed by atoms with Crippen LogP contribution in [0.4, 0.5) is 5.69 Å². The van der Waals surface area contributed by atoms with Crippen molar-refractivity contribution < 1.29 is 4.74 Å². The van der Waals surface area contributed by atoms with Gasteiger partial charge in [0.1, 0.15) is 5.65 Å². The third-order valence-electron chi connectivity index (χ3n) is 6.51. The summed E-state index contributed by atoms with van der Waals surface area (Å²) < 4.78 is 8.37. The Bertz CT molecular complexity index is 1160. The Labute approximate surface area is 163 Å². The Morgan fingerprint density at radius 3 is 2.96 bits per heavy atom. The molecule has 1 aliphatic carbocycles. The minimum atomic E-state index is 0.326. The molecule has 4 aromatic rings. The molecule has 1 aromatic carbocycles. The van der Waals surface area contributed by atoms with Crippen molar-refractivity contribution in [2.75, 3.05) is 18.0 Å². The second kappa shape index (κ2) is 6.04. The number of anilines is 1. The topological polar surface area (TPSA) is 42.7 Å². The summed E-state index contributed by atoms with van der Waals surface area (Å²) in [5.41, 5.74) is 3.82. The molecule has 0 bridgehead atoms. The van der Waals surface area contributed by atoms with E-state index < -0.39 is 0 Å². The molecule has 1 aliphatic heterocycles. The summed E-state index contributed by atoms with van der Waals surface area (Å²) in [6.45, 7) is 2.83. The second-order valence-corrected chi connectivity index (χ2v) is 8.16. The average Bonchev–Trinajstić information content (AvgIpc) is 3.14. The highest BCUT2D eigenvalue weighted by Crippen LogP contribution is 2.52. The fourth-order valence-corrected chi connectivity index (χ4v) is 4.80. The van der Waals surface area contributed by atoms with Gasteiger partial charge in [-0.3, -0.25) is 4.98 Å². The van der Waals surface area contributed by atoms with Gasteiger partial charge in [0, 0.05) is 65.9 Å². The quantitative estimate of drug-likeness (QED) is 0.543. The lowest BCUT2D eigenvalue weighted by molar-refractivity contribution is -0.132. The van der Waals surface area contributed by atoms with Gasteiger partial charge in [-0.2, -0.15) is 0 Å². The van der Waals surface area contributed by atoms with Crippen LogP contribution in [-0.4, -0.2) is 33.6 Å². The monoisotopic (exact) mass is 370 g/mol. The molecule has 28 heavy (non-hydrogen) atoms. The second-order valence-electron chi connectivity index (χ2n) is 8.16. The number of rotatable bonds is 4. The summed E-state index contributed by atoms with van der Waals surface area (Å²) in [6.07, 6.45) is 12.5. The third-order valence-corrected chi connectivity index (χ3v) is 6.51. The summed E-state index contributed by atoms with van der Waals surface area (Å²) in [6, 6.07) is 12.8. The number of ether oxygens (including phenoxy) is 1. The molecular weight excluding hydrogens is 348 g/mol. The SMILES string of the molecule is c1cc(N2CC3(CCC3OCc3ccn4ccnc4c3)C2)c2ccncc2c1. The number of hydrogen-bond acceptors (Lipinski definition) is 4. The van der Waals surface area contributed by atoms with E-state index in [4.69, 9.17) is 4.74 Å². The van der Waals surface area contributed by atoms with Crippen LogP contribution in [-0.2, 0) is 11.3 Å². The fourth-order valence-electron chi connectivity index (χ4n) is 4.80. The predicted molar refractivity (Wildman–Crippen MR) is 109 cm³/mol. The van der Waals surface area contributed by atoms with E-state index in [1.54, 1.807) is 0 Å². The van der Waals surface area contributed by atoms with Gasteiger partial charge in [0.25, 0.3) is 0 Å². The number of pyridine rings is 2. The average molecular weight is 370 g/mol. The van der Waals surface area contributed by atoms with Gasteiger partial charge in [-0.15, -0.1) is 0 Å². The molecule has 0 radical (unpaired) electrons. The molecule has 2 fully saturated rings. The van der Waals surface area contributed by atoms with Gasteiger partial charge >= 0.3 is 0 Å². The zero-order chi connectivity index (χ0) is 18.6. The number of imidazole rings is 1. The molecule has 2 aliphatic rings. The van der Waals surface area contributed by atoms with Crippen LogP contribution >= 0.6 is 0 Å². The van der Waals surface area contributed by atoms with Crippen LogP contribution in [0.2, 0.25) is 0 Å². The fraction of sp³-hybridized carbons (Fsp3) is 0.304. The van der Waals surface area contributed by atoms with E-state index in [-0.39, 0.29) is 0 Å². The van der Waals surface area contributed by atoms with Crippen molar-refractivity contribution in [3.05, 3.63) is 72.9 Å². The molecule has 5 nitrogen and oxygen atoms in total. The maximum absolute atomic E-state index is 6.35. The maximum Gasteiger partial charge on any atom is 0.136 e. The van der Waals surface area contributed by atoms with Crippen LogP contribution in [0.15, 0.2) is 67.4 Å². The van der Waals surface area contributed by atoms with E-state index in [1.807, 2.05) is 29.2 Å². The molecule has 140 valence electrons. The van der Waals surface area contributed by atoms with E-state index in [9.17, 15) is 0 Å². The highest BCUT2D eigenvalue weighted by atomic mass is 16.5. The minimum Gasteiger partial charge on any atom is -0.373 e. The van der Waals surface area contributed by atoms with Crippen molar-refractivity contribution in [3.63, 3.8) is 0 Å². The third kappa shape index (κ3) is 2.43. The molecule has 0 N–H and O–H groups in total. The Balaban J connectivity index is 1.14. The predicted octanol–water partition coefficient (Wildman–Crippen LogP) is 4.07. The molecule has 6 rings (SSSR count). The van der Waals surface area contributed by atoms with Gasteiger partial charge in [0.05, 0.1) is 12.7 Å². The van der Waals surface area contributed by atoms with Crippen LogP contribution in [0.5, 0.6) is 0 Å². The lowest BCUT2D eigenvalue weighted by Crippen LogP contribution is -2.67. The molecular formula is C23H22N4O. The van der Waals surface area contributed by atoms with Crippen molar-refractivity contribution in [1.82, 2.24) is 14.4 Å². The van der Waals surface area contributed by atoms with Gasteiger partial charge in [0.2, 0.25) is 0 Å². The van der Waals surface area contributed by atoms with Crippen LogP contribution in [0.3, 0.4) is 0 Å². The molecule has 1 unspecified atom stereocenters. The van der Waals surface area contributed by atoms with Crippen molar-refractivity contribution in [1.29, 1.82) is 0 Å². The molecule has 5 heteroatoms. The first-order valence-electron chi connectivity index (χ1n) is 9.92. The Morgan fingerprint density at radius 1 is 1.11 bits per heavy atom. The standard InChI is InChI=1S/C23H22N4O/c1-2-18-13-24-8-5-19(18)20(3-1)27-15-23(16-27)7-4-21(23)28-14-17-6-10-26-11-9-25-22(26)12-17/h1-3,5-6,8-13,21H,4,7,14-16H2. The summed E-state index contributed by atoms with van der Waals surface area (Å²) in [5.74, 6) is 0. The Kier molecular flexibility index (Phi) is 3.47. The molecule has 4 heterocycles. The smallest absolute Gasteiger partial charge is 0.136 e. The highest BCUT2D eigenvalue weighted by molar-refractivity contribution is 5.94. The zero-order valence-corrected chi connectivity index (χ0v) is 15.7. The van der Waals surface area contributed by atoms with Gasteiger partial charge in [0.15, 0.2) is 0 Å². The summed E-state index contributed by atoms with van der Waals surface area (Å²) in [4.78, 5) is 11.1. The largest absolute Gasteiger partial charge is 0.373 e. The summed E-state index contributed by atoms with van der Waals surface area (Å²) >= 11 is 0. The molecule has 1 atom stereocenters. The zero-order valence-electron chi connectivity index (χ0n) is 15.7. The van der Waals surface area contributed by atoms with Gasteiger partial charge < -0.3 is 14.0 Å². The van der Waals surface area contributed by atoms with Crippen LogP contribution in [0.25, 0.3) is 16.4 Å². The lowest BCUT2D eigenvalue weighted by atomic mass is 9.61. The molecule has 3 aromatic heterocycles. The highest BCUT2D eigenvalue weighted by Gasteiger charge is 2.55. The van der Waals surface area contributed by atoms with E-state index in [2.05, 4.69) is 57.5 Å². The van der Waals surface area contributed by atoms with Gasteiger partial charge in [-0.1, -0.05) is 12.1 Å². The minimum absolute atomic E-state index is 0.326. The number of hydrogen-bond donors (Lipinski definition) is 0. The molecule has 1 saturated heterocycles. The van der Waals surface area contributed by atoms with Gasteiger partial charge in [-0.05, 0) is 42.7 Å². The first-order chi connectivity index (χ1) is 13.8. The van der Waals surface area contributed by atoms with E-state index >= 15 is 0 Å². The van der Waals surface area contributed by atoms with Crippen LogP contribution in [0, 0.1) is 5.41 Å². The number of benzene rings is 1. The number of fused-ring (bicyclic) bond motifs is 2. The Hall–Kier alpha value is -2.92. The van der Waals surface area contributed by atoms with E-state index in [0.29, 0.717) is 18.1 Å². The van der Waals surface area contributed by atoms with Gasteiger partial charge in [-0.25, -0.2) is 4.98 Å². The van der Waals surface area contributed by atoms with Crippen LogP contribution < -0.4 is 4.90 Å². The van der Waals surface area contributed by atoms with Crippen molar-refractivity contribution >= 4 is 22.1 Å². The normalized spacial score (nSPS) is 20.4. The number of nitrogens with zero attached hydrogens (tertiary/aromatic N) is 4. The van der Waals surface area contributed by atoms with Crippen molar-refractivity contribution in [2.24, 2.45) is 5.41 Å². The van der Waals surface area contributed by atoms with Crippen molar-refractivity contribution in [3.8, 4) is 0 Å². The summed E-state index contributed by atoms with van der Waals surface area (Å²) in [7, 11) is 0. The van der Waals surface area contributed by atoms with Crippen LogP contribution in [0.1, 0.15) is 18.4 Å².